The average molecular weight is 178 g/mol. The molecule has 72 valence electrons. The van der Waals surface area contributed by atoms with Crippen LogP contribution >= 0.6 is 0 Å². The summed E-state index contributed by atoms with van der Waals surface area (Å²) in [4.78, 5) is 0. The van der Waals surface area contributed by atoms with Gasteiger partial charge < -0.3 is 5.11 Å². The summed E-state index contributed by atoms with van der Waals surface area (Å²) in [6, 6.07) is 0. The second-order valence-corrected chi connectivity index (χ2v) is 3.88. The third-order valence-corrected chi connectivity index (χ3v) is 2.51. The number of alkyl halides is 2. The van der Waals surface area contributed by atoms with Crippen LogP contribution in [0.2, 0.25) is 0 Å². The normalized spacial score (nSPS) is 27.0. The first-order chi connectivity index (χ1) is 5.49. The number of hydrogen-bond donors (Lipinski definition) is 1. The molecule has 1 rings (SSSR count). The van der Waals surface area contributed by atoms with Gasteiger partial charge in [-0.2, -0.15) is 0 Å². The summed E-state index contributed by atoms with van der Waals surface area (Å²) in [5.74, 6) is -2.13. The van der Waals surface area contributed by atoms with Gasteiger partial charge in [-0.25, -0.2) is 8.78 Å². The fourth-order valence-corrected chi connectivity index (χ4v) is 1.82. The fourth-order valence-electron chi connectivity index (χ4n) is 1.82. The van der Waals surface area contributed by atoms with E-state index in [9.17, 15) is 8.78 Å². The van der Waals surface area contributed by atoms with Crippen molar-refractivity contribution >= 4 is 0 Å². The molecule has 1 unspecified atom stereocenters. The SMILES string of the molecule is CC(O)CC1CCC(F)(F)CC1. The highest BCUT2D eigenvalue weighted by molar-refractivity contribution is 4.78. The minimum Gasteiger partial charge on any atom is -0.393 e. The molecule has 0 aromatic heterocycles. The van der Waals surface area contributed by atoms with Gasteiger partial charge in [0.05, 0.1) is 6.10 Å². The molecule has 0 heterocycles. The van der Waals surface area contributed by atoms with E-state index >= 15 is 0 Å². The van der Waals surface area contributed by atoms with Crippen LogP contribution in [-0.2, 0) is 0 Å². The van der Waals surface area contributed by atoms with Crippen LogP contribution < -0.4 is 0 Å². The average Bonchev–Trinajstić information content (AvgIpc) is 1.93. The maximum Gasteiger partial charge on any atom is 0.248 e. The predicted molar refractivity (Wildman–Crippen MR) is 43.2 cm³/mol. The first-order valence-electron chi connectivity index (χ1n) is 4.55. The lowest BCUT2D eigenvalue weighted by atomic mass is 9.84. The maximum atomic E-state index is 12.7. The second-order valence-electron chi connectivity index (χ2n) is 3.88. The van der Waals surface area contributed by atoms with Crippen molar-refractivity contribution in [3.63, 3.8) is 0 Å². The molecule has 0 radical (unpaired) electrons. The molecule has 0 bridgehead atoms. The third-order valence-electron chi connectivity index (χ3n) is 2.51. The molecular formula is C9H16F2O. The molecule has 3 heteroatoms. The van der Waals surface area contributed by atoms with E-state index in [4.69, 9.17) is 5.11 Å². The molecule has 0 aliphatic heterocycles. The number of aliphatic hydroxyl groups excluding tert-OH is 1. The Balaban J connectivity index is 2.27. The van der Waals surface area contributed by atoms with Gasteiger partial charge in [0.25, 0.3) is 0 Å². The van der Waals surface area contributed by atoms with Crippen molar-refractivity contribution in [3.8, 4) is 0 Å². The molecule has 0 amide bonds. The monoisotopic (exact) mass is 178 g/mol. The molecule has 1 fully saturated rings. The summed E-state index contributed by atoms with van der Waals surface area (Å²) in [5, 5.41) is 9.05. The van der Waals surface area contributed by atoms with Crippen LogP contribution in [0.15, 0.2) is 0 Å². The predicted octanol–water partition coefficient (Wildman–Crippen LogP) is 2.58. The van der Waals surface area contributed by atoms with Crippen molar-refractivity contribution in [2.45, 2.75) is 51.1 Å². The lowest BCUT2D eigenvalue weighted by Gasteiger charge is -2.28. The quantitative estimate of drug-likeness (QED) is 0.689. The Kier molecular flexibility index (Phi) is 3.04. The second kappa shape index (κ2) is 3.69. The molecule has 0 spiro atoms. The number of rotatable bonds is 2. The first kappa shape index (κ1) is 9.90. The topological polar surface area (TPSA) is 20.2 Å². The minimum atomic E-state index is -2.44. The van der Waals surface area contributed by atoms with Gasteiger partial charge in [0.1, 0.15) is 0 Å². The van der Waals surface area contributed by atoms with E-state index in [0.717, 1.165) is 0 Å². The Morgan fingerprint density at radius 2 is 1.92 bits per heavy atom. The summed E-state index contributed by atoms with van der Waals surface area (Å²) in [7, 11) is 0. The molecule has 1 atom stereocenters. The van der Waals surface area contributed by atoms with E-state index < -0.39 is 5.92 Å². The maximum absolute atomic E-state index is 12.7. The number of hydrogen-bond acceptors (Lipinski definition) is 1. The van der Waals surface area contributed by atoms with Gasteiger partial charge in [-0.1, -0.05) is 0 Å². The van der Waals surface area contributed by atoms with Crippen LogP contribution in [0.4, 0.5) is 8.78 Å². The van der Waals surface area contributed by atoms with E-state index in [1.165, 1.54) is 0 Å². The zero-order chi connectivity index (χ0) is 9.19. The van der Waals surface area contributed by atoms with Gasteiger partial charge in [-0.05, 0) is 32.1 Å². The smallest absolute Gasteiger partial charge is 0.248 e. The van der Waals surface area contributed by atoms with Gasteiger partial charge in [0.2, 0.25) is 5.92 Å². The van der Waals surface area contributed by atoms with Crippen LogP contribution in [0.1, 0.15) is 39.0 Å². The van der Waals surface area contributed by atoms with E-state index in [0.29, 0.717) is 25.2 Å². The highest BCUT2D eigenvalue weighted by Gasteiger charge is 2.34. The summed E-state index contributed by atoms with van der Waals surface area (Å²) in [6.07, 6.45) is 1.47. The molecule has 1 saturated carbocycles. The van der Waals surface area contributed by atoms with Crippen molar-refractivity contribution in [2.75, 3.05) is 0 Å². The van der Waals surface area contributed by atoms with Crippen LogP contribution in [0.5, 0.6) is 0 Å². The molecule has 1 aliphatic carbocycles. The van der Waals surface area contributed by atoms with Crippen molar-refractivity contribution in [2.24, 2.45) is 5.92 Å². The molecule has 1 nitrogen and oxygen atoms in total. The standard InChI is InChI=1S/C9H16F2O/c1-7(12)6-8-2-4-9(10,11)5-3-8/h7-8,12H,2-6H2,1H3. The lowest BCUT2D eigenvalue weighted by Crippen LogP contribution is -2.26. The summed E-state index contributed by atoms with van der Waals surface area (Å²) < 4.78 is 25.3. The number of halogens is 2. The molecule has 1 aliphatic rings. The van der Waals surface area contributed by atoms with Crippen molar-refractivity contribution in [1.29, 1.82) is 0 Å². The Morgan fingerprint density at radius 1 is 1.42 bits per heavy atom. The van der Waals surface area contributed by atoms with Crippen LogP contribution in [0, 0.1) is 5.92 Å². The molecule has 12 heavy (non-hydrogen) atoms. The number of aliphatic hydroxyl groups is 1. The van der Waals surface area contributed by atoms with Crippen LogP contribution in [-0.4, -0.2) is 17.1 Å². The fraction of sp³-hybridized carbons (Fsp3) is 1.00. The van der Waals surface area contributed by atoms with Crippen molar-refractivity contribution in [3.05, 3.63) is 0 Å². The Bertz CT molecular complexity index is 135. The van der Waals surface area contributed by atoms with Gasteiger partial charge in [-0.3, -0.25) is 0 Å². The summed E-state index contributed by atoms with van der Waals surface area (Å²) in [6.45, 7) is 1.72. The van der Waals surface area contributed by atoms with Gasteiger partial charge in [-0.15, -0.1) is 0 Å². The Hall–Kier alpha value is -0.180. The largest absolute Gasteiger partial charge is 0.393 e. The Morgan fingerprint density at radius 3 is 2.33 bits per heavy atom. The van der Waals surface area contributed by atoms with E-state index in [2.05, 4.69) is 0 Å². The van der Waals surface area contributed by atoms with Crippen molar-refractivity contribution < 1.29 is 13.9 Å². The molecule has 0 saturated heterocycles. The minimum absolute atomic E-state index is 0.00435. The summed E-state index contributed by atoms with van der Waals surface area (Å²) >= 11 is 0. The van der Waals surface area contributed by atoms with Gasteiger partial charge >= 0.3 is 0 Å². The molecular weight excluding hydrogens is 162 g/mol. The Labute approximate surface area is 71.8 Å². The van der Waals surface area contributed by atoms with Gasteiger partial charge in [0, 0.05) is 12.8 Å². The van der Waals surface area contributed by atoms with Crippen molar-refractivity contribution in [1.82, 2.24) is 0 Å². The zero-order valence-corrected chi connectivity index (χ0v) is 7.39. The third kappa shape index (κ3) is 3.05. The molecule has 0 aromatic rings. The van der Waals surface area contributed by atoms with Crippen LogP contribution in [0.3, 0.4) is 0 Å². The molecule has 1 N–H and O–H groups in total. The van der Waals surface area contributed by atoms with E-state index in [1.54, 1.807) is 6.92 Å². The van der Waals surface area contributed by atoms with E-state index in [-0.39, 0.29) is 18.9 Å². The highest BCUT2D eigenvalue weighted by Crippen LogP contribution is 2.37. The van der Waals surface area contributed by atoms with Gasteiger partial charge in [0.15, 0.2) is 0 Å². The zero-order valence-electron chi connectivity index (χ0n) is 7.39. The molecule has 0 aromatic carbocycles. The highest BCUT2D eigenvalue weighted by atomic mass is 19.3. The van der Waals surface area contributed by atoms with E-state index in [1.807, 2.05) is 0 Å². The summed E-state index contributed by atoms with van der Waals surface area (Å²) in [5.41, 5.74) is 0. The van der Waals surface area contributed by atoms with Crippen LogP contribution in [0.25, 0.3) is 0 Å². The lowest BCUT2D eigenvalue weighted by molar-refractivity contribution is -0.0499. The first-order valence-corrected chi connectivity index (χ1v) is 4.55.